The lowest BCUT2D eigenvalue weighted by molar-refractivity contribution is 0.171. The molecule has 74 valence electrons. The van der Waals surface area contributed by atoms with E-state index in [9.17, 15) is 0 Å². The van der Waals surface area contributed by atoms with Crippen LogP contribution in [0.1, 0.15) is 12.5 Å². The molecule has 4 nitrogen and oxygen atoms in total. The van der Waals surface area contributed by atoms with E-state index in [0.29, 0.717) is 13.2 Å². The van der Waals surface area contributed by atoms with Crippen LogP contribution in [-0.4, -0.2) is 18.9 Å². The smallest absolute Gasteiger partial charge is 0.162 e. The van der Waals surface area contributed by atoms with Gasteiger partial charge in [0.15, 0.2) is 11.5 Å². The van der Waals surface area contributed by atoms with Gasteiger partial charge in [0.25, 0.3) is 0 Å². The lowest BCUT2D eigenvalue weighted by atomic mass is 10.1. The fraction of sp³-hybridized carbons (Fsp3) is 0.300. The maximum Gasteiger partial charge on any atom is 0.162 e. The van der Waals surface area contributed by atoms with Crippen molar-refractivity contribution in [1.29, 1.82) is 0 Å². The molecule has 0 aromatic heterocycles. The standard InChI is InChI=1S/C10H12N2O2/c1-7(12-11)8-2-3-9-10(6-8)14-5-4-13-9/h2-3,6H,4-5,11H2,1H3/b12-7-. The van der Waals surface area contributed by atoms with Crippen molar-refractivity contribution >= 4 is 5.71 Å². The molecular formula is C10H12N2O2. The second-order valence-corrected chi connectivity index (χ2v) is 3.07. The summed E-state index contributed by atoms with van der Waals surface area (Å²) < 4.78 is 10.8. The van der Waals surface area contributed by atoms with Gasteiger partial charge in [-0.1, -0.05) is 0 Å². The van der Waals surface area contributed by atoms with Crippen LogP contribution in [0.15, 0.2) is 23.3 Å². The van der Waals surface area contributed by atoms with E-state index in [-0.39, 0.29) is 0 Å². The van der Waals surface area contributed by atoms with Gasteiger partial charge in [-0.25, -0.2) is 0 Å². The summed E-state index contributed by atoms with van der Waals surface area (Å²) in [6.07, 6.45) is 0. The fourth-order valence-electron chi connectivity index (χ4n) is 1.34. The number of hydrazone groups is 1. The molecule has 0 unspecified atom stereocenters. The molecule has 0 aliphatic carbocycles. The zero-order valence-corrected chi connectivity index (χ0v) is 7.99. The third kappa shape index (κ3) is 1.51. The Morgan fingerprint density at radius 3 is 2.71 bits per heavy atom. The van der Waals surface area contributed by atoms with Crippen LogP contribution >= 0.6 is 0 Å². The summed E-state index contributed by atoms with van der Waals surface area (Å²) >= 11 is 0. The monoisotopic (exact) mass is 192 g/mol. The zero-order chi connectivity index (χ0) is 9.97. The Balaban J connectivity index is 2.38. The highest BCUT2D eigenvalue weighted by Crippen LogP contribution is 2.30. The van der Waals surface area contributed by atoms with Crippen LogP contribution in [0.3, 0.4) is 0 Å². The molecule has 4 heteroatoms. The van der Waals surface area contributed by atoms with Crippen molar-refractivity contribution in [2.24, 2.45) is 10.9 Å². The van der Waals surface area contributed by atoms with Crippen LogP contribution in [-0.2, 0) is 0 Å². The molecule has 2 rings (SSSR count). The quantitative estimate of drug-likeness (QED) is 0.412. The van der Waals surface area contributed by atoms with Crippen molar-refractivity contribution in [2.75, 3.05) is 13.2 Å². The third-order valence-electron chi connectivity index (χ3n) is 2.15. The number of hydrogen-bond acceptors (Lipinski definition) is 4. The molecule has 0 atom stereocenters. The Morgan fingerprint density at radius 1 is 1.29 bits per heavy atom. The van der Waals surface area contributed by atoms with Crippen molar-refractivity contribution in [3.8, 4) is 11.5 Å². The van der Waals surface area contributed by atoms with E-state index in [2.05, 4.69) is 5.10 Å². The van der Waals surface area contributed by atoms with E-state index < -0.39 is 0 Å². The number of rotatable bonds is 1. The van der Waals surface area contributed by atoms with Crippen molar-refractivity contribution in [3.63, 3.8) is 0 Å². The largest absolute Gasteiger partial charge is 0.486 e. The zero-order valence-electron chi connectivity index (χ0n) is 7.99. The van der Waals surface area contributed by atoms with Crippen LogP contribution < -0.4 is 15.3 Å². The van der Waals surface area contributed by atoms with Crippen LogP contribution in [0.5, 0.6) is 11.5 Å². The van der Waals surface area contributed by atoms with Gasteiger partial charge < -0.3 is 15.3 Å². The first-order valence-corrected chi connectivity index (χ1v) is 4.46. The molecule has 0 fully saturated rings. The van der Waals surface area contributed by atoms with Crippen molar-refractivity contribution < 1.29 is 9.47 Å². The molecule has 0 bridgehead atoms. The van der Waals surface area contributed by atoms with Crippen LogP contribution in [0.2, 0.25) is 0 Å². The predicted molar refractivity (Wildman–Crippen MR) is 53.8 cm³/mol. The van der Waals surface area contributed by atoms with Gasteiger partial charge in [0, 0.05) is 5.56 Å². The summed E-state index contributed by atoms with van der Waals surface area (Å²) in [6, 6.07) is 5.68. The number of ether oxygens (including phenoxy) is 2. The summed E-state index contributed by atoms with van der Waals surface area (Å²) in [4.78, 5) is 0. The molecule has 1 heterocycles. The first-order chi connectivity index (χ1) is 6.81. The number of benzene rings is 1. The topological polar surface area (TPSA) is 56.8 Å². The molecule has 1 aromatic rings. The number of nitrogens with two attached hydrogens (primary N) is 1. The van der Waals surface area contributed by atoms with E-state index >= 15 is 0 Å². The highest BCUT2D eigenvalue weighted by atomic mass is 16.6. The Labute approximate surface area is 82.3 Å². The molecule has 0 saturated heterocycles. The van der Waals surface area contributed by atoms with Crippen LogP contribution in [0, 0.1) is 0 Å². The Bertz CT molecular complexity index is 374. The third-order valence-corrected chi connectivity index (χ3v) is 2.15. The number of fused-ring (bicyclic) bond motifs is 1. The Kier molecular flexibility index (Phi) is 2.26. The minimum atomic E-state index is 0.593. The minimum Gasteiger partial charge on any atom is -0.486 e. The summed E-state index contributed by atoms with van der Waals surface area (Å²) in [7, 11) is 0. The summed E-state index contributed by atoms with van der Waals surface area (Å²) in [5, 5.41) is 3.63. The van der Waals surface area contributed by atoms with Gasteiger partial charge in [0.05, 0.1) is 5.71 Å². The highest BCUT2D eigenvalue weighted by Gasteiger charge is 2.12. The van der Waals surface area contributed by atoms with Gasteiger partial charge in [-0.05, 0) is 25.1 Å². The van der Waals surface area contributed by atoms with E-state index in [1.807, 2.05) is 25.1 Å². The SMILES string of the molecule is C/C(=N/N)c1ccc2c(c1)OCCO2. The molecule has 1 aliphatic heterocycles. The summed E-state index contributed by atoms with van der Waals surface area (Å²) in [6.45, 7) is 3.05. The Hall–Kier alpha value is -1.71. The summed E-state index contributed by atoms with van der Waals surface area (Å²) in [5.41, 5.74) is 1.73. The maximum absolute atomic E-state index is 5.44. The van der Waals surface area contributed by atoms with Gasteiger partial charge in [0.1, 0.15) is 13.2 Å². The van der Waals surface area contributed by atoms with Crippen molar-refractivity contribution in [1.82, 2.24) is 0 Å². The van der Waals surface area contributed by atoms with Gasteiger partial charge in [-0.2, -0.15) is 5.10 Å². The van der Waals surface area contributed by atoms with Crippen LogP contribution in [0.4, 0.5) is 0 Å². The molecule has 0 radical (unpaired) electrons. The average Bonchev–Trinajstić information content (AvgIpc) is 2.27. The first-order valence-electron chi connectivity index (χ1n) is 4.46. The molecule has 0 amide bonds. The van der Waals surface area contributed by atoms with E-state index in [1.165, 1.54) is 0 Å². The minimum absolute atomic E-state index is 0.593. The highest BCUT2D eigenvalue weighted by molar-refractivity contribution is 5.99. The molecule has 14 heavy (non-hydrogen) atoms. The summed E-state index contributed by atoms with van der Waals surface area (Å²) in [5.74, 6) is 6.74. The second kappa shape index (κ2) is 3.57. The lowest BCUT2D eigenvalue weighted by Crippen LogP contribution is -2.15. The molecule has 0 spiro atoms. The van der Waals surface area contributed by atoms with E-state index in [1.54, 1.807) is 0 Å². The van der Waals surface area contributed by atoms with Gasteiger partial charge in [-0.15, -0.1) is 0 Å². The normalized spacial score (nSPS) is 15.4. The van der Waals surface area contributed by atoms with E-state index in [4.69, 9.17) is 15.3 Å². The molecule has 1 aliphatic rings. The molecule has 0 saturated carbocycles. The molecular weight excluding hydrogens is 180 g/mol. The second-order valence-electron chi connectivity index (χ2n) is 3.07. The van der Waals surface area contributed by atoms with Crippen LogP contribution in [0.25, 0.3) is 0 Å². The maximum atomic E-state index is 5.44. The van der Waals surface area contributed by atoms with Gasteiger partial charge in [-0.3, -0.25) is 0 Å². The molecule has 1 aromatic carbocycles. The number of hydrogen-bond donors (Lipinski definition) is 1. The molecule has 2 N–H and O–H groups in total. The lowest BCUT2D eigenvalue weighted by Gasteiger charge is -2.18. The Morgan fingerprint density at radius 2 is 2.00 bits per heavy atom. The first kappa shape index (κ1) is 8.87. The van der Waals surface area contributed by atoms with Gasteiger partial charge >= 0.3 is 0 Å². The predicted octanol–water partition coefficient (Wildman–Crippen LogP) is 1.14. The van der Waals surface area contributed by atoms with Crippen molar-refractivity contribution in [3.05, 3.63) is 23.8 Å². The van der Waals surface area contributed by atoms with Gasteiger partial charge in [0.2, 0.25) is 0 Å². The van der Waals surface area contributed by atoms with Crippen molar-refractivity contribution in [2.45, 2.75) is 6.92 Å². The number of nitrogens with zero attached hydrogens (tertiary/aromatic N) is 1. The fourth-order valence-corrected chi connectivity index (χ4v) is 1.34. The van der Waals surface area contributed by atoms with E-state index in [0.717, 1.165) is 22.8 Å². The average molecular weight is 192 g/mol.